The number of piperazine rings is 1. The highest BCUT2D eigenvalue weighted by atomic mass is 32.2. The van der Waals surface area contributed by atoms with Crippen LogP contribution < -0.4 is 10.6 Å². The highest BCUT2D eigenvalue weighted by Gasteiger charge is 2.31. The zero-order valence-electron chi connectivity index (χ0n) is 16.2. The van der Waals surface area contributed by atoms with Gasteiger partial charge >= 0.3 is 5.69 Å². The minimum absolute atomic E-state index is 0.0201. The fraction of sp³-hybridized carbons (Fsp3) is 0.368. The van der Waals surface area contributed by atoms with Gasteiger partial charge in [-0.25, -0.2) is 26.7 Å². The van der Waals surface area contributed by atoms with E-state index >= 15 is 0 Å². The maximum absolute atomic E-state index is 13.3. The van der Waals surface area contributed by atoms with Gasteiger partial charge < -0.3 is 4.90 Å². The first-order valence-corrected chi connectivity index (χ1v) is 10.8. The number of hydrogen-bond acceptors (Lipinski definition) is 5. The van der Waals surface area contributed by atoms with E-state index in [4.69, 9.17) is 0 Å². The van der Waals surface area contributed by atoms with Crippen LogP contribution in [0.3, 0.4) is 0 Å². The molecule has 0 N–H and O–H groups in total. The van der Waals surface area contributed by atoms with E-state index in [1.54, 1.807) is 18.2 Å². The Labute approximate surface area is 167 Å². The lowest BCUT2D eigenvalue weighted by Gasteiger charge is -2.35. The molecular weight excluding hydrogens is 397 g/mol. The molecule has 3 aromatic rings. The molecule has 0 bridgehead atoms. The summed E-state index contributed by atoms with van der Waals surface area (Å²) in [5.74, 6) is -0.306. The molecule has 1 aromatic carbocycles. The predicted octanol–water partition coefficient (Wildman–Crippen LogP) is 1.73. The van der Waals surface area contributed by atoms with Crippen LogP contribution in [0, 0.1) is 5.82 Å². The summed E-state index contributed by atoms with van der Waals surface area (Å²) in [6, 6.07) is 8.99. The van der Waals surface area contributed by atoms with Gasteiger partial charge in [0.2, 0.25) is 10.0 Å². The Kier molecular flexibility index (Phi) is 4.91. The Morgan fingerprint density at radius 1 is 1.03 bits per heavy atom. The molecule has 10 heteroatoms. The molecule has 0 aliphatic carbocycles. The first-order valence-electron chi connectivity index (χ1n) is 9.39. The van der Waals surface area contributed by atoms with Gasteiger partial charge in [0.1, 0.15) is 10.7 Å². The number of halogens is 1. The Balaban J connectivity index is 1.62. The number of nitrogens with zero attached hydrogens (tertiary/aromatic N) is 5. The highest BCUT2D eigenvalue weighted by Crippen LogP contribution is 2.23. The molecule has 8 nitrogen and oxygen atoms in total. The molecule has 2 aromatic heterocycles. The largest absolute Gasteiger partial charge is 0.369 e. The van der Waals surface area contributed by atoms with Crippen molar-refractivity contribution in [3.8, 4) is 0 Å². The fourth-order valence-electron chi connectivity index (χ4n) is 3.50. The molecule has 0 unspecified atom stereocenters. The van der Waals surface area contributed by atoms with Crippen molar-refractivity contribution in [1.29, 1.82) is 0 Å². The first-order chi connectivity index (χ1) is 13.8. The maximum Gasteiger partial charge on any atom is 0.350 e. The fourth-order valence-corrected chi connectivity index (χ4v) is 5.05. The molecule has 154 valence electrons. The molecule has 3 heterocycles. The molecule has 1 fully saturated rings. The van der Waals surface area contributed by atoms with Crippen LogP contribution >= 0.6 is 0 Å². The van der Waals surface area contributed by atoms with Crippen LogP contribution in [-0.4, -0.2) is 53.1 Å². The average molecular weight is 419 g/mol. The minimum atomic E-state index is -3.82. The Bertz CT molecular complexity index is 1190. The molecule has 4 rings (SSSR count). The molecule has 0 radical (unpaired) electrons. The van der Waals surface area contributed by atoms with Crippen molar-refractivity contribution in [3.05, 3.63) is 58.9 Å². The number of sulfonamides is 1. The lowest BCUT2D eigenvalue weighted by molar-refractivity contribution is 0.385. The molecule has 29 heavy (non-hydrogen) atoms. The van der Waals surface area contributed by atoms with Gasteiger partial charge in [-0.15, -0.1) is 5.10 Å². The second kappa shape index (κ2) is 7.27. The lowest BCUT2D eigenvalue weighted by Crippen LogP contribution is -2.48. The Morgan fingerprint density at radius 2 is 1.69 bits per heavy atom. The normalized spacial score (nSPS) is 16.1. The second-order valence-electron chi connectivity index (χ2n) is 7.25. The number of hydrogen-bond donors (Lipinski definition) is 0. The van der Waals surface area contributed by atoms with E-state index in [0.29, 0.717) is 13.1 Å². The number of benzene rings is 1. The van der Waals surface area contributed by atoms with E-state index in [1.807, 2.05) is 18.7 Å². The van der Waals surface area contributed by atoms with Crippen molar-refractivity contribution in [2.75, 3.05) is 31.1 Å². The second-order valence-corrected chi connectivity index (χ2v) is 9.16. The van der Waals surface area contributed by atoms with Gasteiger partial charge in [-0.2, -0.15) is 4.31 Å². The molecule has 0 spiro atoms. The van der Waals surface area contributed by atoms with Crippen molar-refractivity contribution in [3.63, 3.8) is 0 Å². The number of rotatable bonds is 4. The zero-order chi connectivity index (χ0) is 20.8. The molecular formula is C19H22FN5O3S. The third-order valence-electron chi connectivity index (χ3n) is 5.07. The van der Waals surface area contributed by atoms with E-state index in [0.717, 1.165) is 5.69 Å². The molecule has 0 atom stereocenters. The Morgan fingerprint density at radius 3 is 2.31 bits per heavy atom. The summed E-state index contributed by atoms with van der Waals surface area (Å²) in [6.45, 7) is 5.18. The summed E-state index contributed by atoms with van der Waals surface area (Å²) >= 11 is 0. The van der Waals surface area contributed by atoms with E-state index in [-0.39, 0.29) is 41.2 Å². The van der Waals surface area contributed by atoms with Crippen LogP contribution in [0.1, 0.15) is 19.9 Å². The third kappa shape index (κ3) is 3.42. The first kappa shape index (κ1) is 19.6. The number of anilines is 1. The van der Waals surface area contributed by atoms with Gasteiger partial charge in [0.15, 0.2) is 5.65 Å². The van der Waals surface area contributed by atoms with Crippen LogP contribution in [0.2, 0.25) is 0 Å². The molecule has 1 saturated heterocycles. The monoisotopic (exact) mass is 419 g/mol. The summed E-state index contributed by atoms with van der Waals surface area (Å²) in [5, 5.41) is 4.26. The minimum Gasteiger partial charge on any atom is -0.369 e. The summed E-state index contributed by atoms with van der Waals surface area (Å²) in [5.41, 5.74) is 0.619. The van der Waals surface area contributed by atoms with Gasteiger partial charge in [-0.3, -0.25) is 0 Å². The highest BCUT2D eigenvalue weighted by molar-refractivity contribution is 7.89. The SMILES string of the molecule is CC(C)n1nc2c(S(=O)(=O)N3CCN(c4ccc(F)cc4)CC3)cccn2c1=O. The van der Waals surface area contributed by atoms with E-state index in [2.05, 4.69) is 5.10 Å². The van der Waals surface area contributed by atoms with Crippen LogP contribution in [0.15, 0.2) is 52.3 Å². The Hall–Kier alpha value is -2.72. The molecule has 0 saturated carbocycles. The molecule has 1 aliphatic rings. The number of pyridine rings is 1. The standard InChI is InChI=1S/C19H22FN5O3S/c1-14(2)25-19(26)24-9-3-4-17(18(24)21-25)29(27,28)23-12-10-22(11-13-23)16-7-5-15(20)6-8-16/h3-9,14H,10-13H2,1-2H3. The van der Waals surface area contributed by atoms with Crippen molar-refractivity contribution in [1.82, 2.24) is 18.5 Å². The van der Waals surface area contributed by atoms with E-state index < -0.39 is 10.0 Å². The summed E-state index contributed by atoms with van der Waals surface area (Å²) in [4.78, 5) is 14.5. The van der Waals surface area contributed by atoms with Crippen molar-refractivity contribution < 1.29 is 12.8 Å². The van der Waals surface area contributed by atoms with Gasteiger partial charge in [-0.05, 0) is 50.2 Å². The van der Waals surface area contributed by atoms with E-state index in [1.165, 1.54) is 37.8 Å². The van der Waals surface area contributed by atoms with Gasteiger partial charge in [-0.1, -0.05) is 0 Å². The smallest absolute Gasteiger partial charge is 0.350 e. The van der Waals surface area contributed by atoms with Crippen LogP contribution in [-0.2, 0) is 10.0 Å². The van der Waals surface area contributed by atoms with Gasteiger partial charge in [0.05, 0.1) is 6.04 Å². The quantitative estimate of drug-likeness (QED) is 0.644. The van der Waals surface area contributed by atoms with Crippen molar-refractivity contribution in [2.24, 2.45) is 0 Å². The topological polar surface area (TPSA) is 79.9 Å². The summed E-state index contributed by atoms with van der Waals surface area (Å²) in [7, 11) is -3.82. The van der Waals surface area contributed by atoms with Crippen LogP contribution in [0.4, 0.5) is 10.1 Å². The average Bonchev–Trinajstić information content (AvgIpc) is 3.06. The number of aromatic nitrogens is 3. The number of fused-ring (bicyclic) bond motifs is 1. The van der Waals surface area contributed by atoms with Crippen molar-refractivity contribution in [2.45, 2.75) is 24.8 Å². The third-order valence-corrected chi connectivity index (χ3v) is 6.99. The predicted molar refractivity (Wildman–Crippen MR) is 107 cm³/mol. The van der Waals surface area contributed by atoms with Crippen molar-refractivity contribution >= 4 is 21.4 Å². The zero-order valence-corrected chi connectivity index (χ0v) is 17.0. The van der Waals surface area contributed by atoms with Crippen LogP contribution in [0.5, 0.6) is 0 Å². The lowest BCUT2D eigenvalue weighted by atomic mass is 10.2. The van der Waals surface area contributed by atoms with E-state index in [9.17, 15) is 17.6 Å². The molecule has 1 aliphatic heterocycles. The maximum atomic E-state index is 13.3. The summed E-state index contributed by atoms with van der Waals surface area (Å²) < 4.78 is 43.6. The van der Waals surface area contributed by atoms with Crippen LogP contribution in [0.25, 0.3) is 5.65 Å². The van der Waals surface area contributed by atoms with Gasteiger partial charge in [0, 0.05) is 38.1 Å². The van der Waals surface area contributed by atoms with Gasteiger partial charge in [0.25, 0.3) is 0 Å². The molecule has 0 amide bonds. The summed E-state index contributed by atoms with van der Waals surface area (Å²) in [6.07, 6.45) is 1.52.